The van der Waals surface area contributed by atoms with E-state index in [9.17, 15) is 9.50 Å². The lowest BCUT2D eigenvalue weighted by molar-refractivity contribution is 0.0454. The normalized spacial score (nSPS) is 17.8. The third kappa shape index (κ3) is 12.5. The Bertz CT molecular complexity index is 1140. The summed E-state index contributed by atoms with van der Waals surface area (Å²) in [4.78, 5) is 13.9. The Balaban J connectivity index is 1.25. The number of benzene rings is 1. The molecule has 43 heavy (non-hydrogen) atoms. The van der Waals surface area contributed by atoms with Crippen LogP contribution in [-0.4, -0.2) is 78.4 Å². The molecule has 0 bridgehead atoms. The summed E-state index contributed by atoms with van der Waals surface area (Å²) in [6, 6.07) is 6.37. The summed E-state index contributed by atoms with van der Waals surface area (Å²) >= 11 is 0. The number of aliphatic hydroxyl groups is 1. The van der Waals surface area contributed by atoms with Crippen molar-refractivity contribution in [3.63, 3.8) is 0 Å². The number of ether oxygens (including phenoxy) is 2. The topological polar surface area (TPSA) is 152 Å². The van der Waals surface area contributed by atoms with Gasteiger partial charge < -0.3 is 36.3 Å². The molecule has 1 fully saturated rings. The number of halogens is 1. The molecule has 12 heteroatoms. The first-order valence-electron chi connectivity index (χ1n) is 15.5. The lowest BCUT2D eigenvalue weighted by Gasteiger charge is -2.22. The minimum Gasteiger partial charge on any atom is -0.378 e. The van der Waals surface area contributed by atoms with E-state index in [1.807, 2.05) is 6.08 Å². The predicted molar refractivity (Wildman–Crippen MR) is 167 cm³/mol. The first kappa shape index (κ1) is 32.7. The van der Waals surface area contributed by atoms with Crippen LogP contribution in [0.2, 0.25) is 0 Å². The van der Waals surface area contributed by atoms with Crippen LogP contribution in [0.5, 0.6) is 0 Å². The van der Waals surface area contributed by atoms with Crippen LogP contribution in [0.4, 0.5) is 22.2 Å². The number of nitrogens with zero attached hydrogens (tertiary/aromatic N) is 3. The van der Waals surface area contributed by atoms with E-state index >= 15 is 0 Å². The number of aromatic nitrogens is 3. The zero-order chi connectivity index (χ0) is 30.1. The molecule has 11 nitrogen and oxygen atoms in total. The Morgan fingerprint density at radius 1 is 0.930 bits per heavy atom. The third-order valence-corrected chi connectivity index (χ3v) is 7.45. The van der Waals surface area contributed by atoms with Gasteiger partial charge >= 0.3 is 0 Å². The number of anilines is 3. The summed E-state index contributed by atoms with van der Waals surface area (Å²) in [5.74, 6) is 1.82. The fourth-order valence-electron chi connectivity index (χ4n) is 5.10. The van der Waals surface area contributed by atoms with Crippen LogP contribution in [0.3, 0.4) is 0 Å². The van der Waals surface area contributed by atoms with Crippen molar-refractivity contribution in [3.05, 3.63) is 59.4 Å². The molecule has 1 aromatic heterocycles. The Morgan fingerprint density at radius 3 is 2.37 bits per heavy atom. The number of aliphatic hydroxyl groups excluding tert-OH is 1. The largest absolute Gasteiger partial charge is 0.378 e. The first-order chi connectivity index (χ1) is 21.1. The molecule has 1 aromatic carbocycles. The van der Waals surface area contributed by atoms with Crippen molar-refractivity contribution in [3.8, 4) is 0 Å². The number of hydrogen-bond donors (Lipinski definition) is 6. The van der Waals surface area contributed by atoms with Crippen molar-refractivity contribution in [2.24, 2.45) is 11.7 Å². The Labute approximate surface area is 254 Å². The highest BCUT2D eigenvalue weighted by molar-refractivity contribution is 5.44. The predicted octanol–water partition coefficient (Wildman–Crippen LogP) is 3.57. The van der Waals surface area contributed by atoms with Crippen molar-refractivity contribution in [1.29, 1.82) is 0 Å². The van der Waals surface area contributed by atoms with Gasteiger partial charge in [0.15, 0.2) is 0 Å². The molecule has 2 aromatic rings. The van der Waals surface area contributed by atoms with E-state index in [-0.39, 0.29) is 11.9 Å². The Morgan fingerprint density at radius 2 is 1.65 bits per heavy atom. The molecular weight excluding hydrogens is 551 g/mol. The average Bonchev–Trinajstić information content (AvgIpc) is 3.02. The van der Waals surface area contributed by atoms with Crippen LogP contribution in [-0.2, 0) is 16.0 Å². The monoisotopic (exact) mass is 598 g/mol. The fraction of sp³-hybridized carbons (Fsp3) is 0.581. The molecule has 0 radical (unpaired) electrons. The zero-order valence-corrected chi connectivity index (χ0v) is 24.9. The van der Waals surface area contributed by atoms with Gasteiger partial charge in [-0.15, -0.1) is 0 Å². The smallest absolute Gasteiger partial charge is 0.229 e. The maximum Gasteiger partial charge on any atom is 0.229 e. The van der Waals surface area contributed by atoms with E-state index in [1.165, 1.54) is 44.2 Å². The van der Waals surface area contributed by atoms with Gasteiger partial charge in [0.2, 0.25) is 17.8 Å². The SMILES string of the molecule is NCCOCCOCCN[C@H](O)CC1=CCC(Nc2nc(NCc3ccc(F)cc3)nc(NCC3CCCCC3)n2)C=C1. The quantitative estimate of drug-likeness (QED) is 0.104. The van der Waals surface area contributed by atoms with Gasteiger partial charge in [0.1, 0.15) is 12.0 Å². The molecule has 1 saturated carbocycles. The van der Waals surface area contributed by atoms with E-state index in [0.717, 1.165) is 24.1 Å². The molecule has 236 valence electrons. The number of nitrogens with one attached hydrogen (secondary N) is 4. The van der Waals surface area contributed by atoms with Crippen LogP contribution in [0.15, 0.2) is 48.1 Å². The molecule has 1 unspecified atom stereocenters. The second-order valence-electron chi connectivity index (χ2n) is 11.0. The molecule has 7 N–H and O–H groups in total. The summed E-state index contributed by atoms with van der Waals surface area (Å²) in [6.45, 7) is 4.40. The van der Waals surface area contributed by atoms with Crippen molar-refractivity contribution in [2.75, 3.05) is 62.0 Å². The van der Waals surface area contributed by atoms with Crippen LogP contribution >= 0.6 is 0 Å². The number of hydrogen-bond acceptors (Lipinski definition) is 11. The van der Waals surface area contributed by atoms with Gasteiger partial charge in [-0.1, -0.05) is 49.6 Å². The summed E-state index contributed by atoms with van der Waals surface area (Å²) in [5.41, 5.74) is 7.36. The molecule has 4 rings (SSSR count). The van der Waals surface area contributed by atoms with Gasteiger partial charge in [0.05, 0.1) is 32.5 Å². The van der Waals surface area contributed by atoms with Crippen LogP contribution in [0, 0.1) is 11.7 Å². The van der Waals surface area contributed by atoms with Gasteiger partial charge in [-0.05, 0) is 48.4 Å². The first-order valence-corrected chi connectivity index (χ1v) is 15.5. The third-order valence-electron chi connectivity index (χ3n) is 7.45. The van der Waals surface area contributed by atoms with E-state index in [2.05, 4.69) is 48.4 Å². The van der Waals surface area contributed by atoms with E-state index in [1.54, 1.807) is 12.1 Å². The highest BCUT2D eigenvalue weighted by Gasteiger charge is 2.17. The molecule has 2 aliphatic carbocycles. The summed E-state index contributed by atoms with van der Waals surface area (Å²) in [7, 11) is 0. The molecule has 0 spiro atoms. The van der Waals surface area contributed by atoms with Gasteiger partial charge in [-0.3, -0.25) is 5.32 Å². The summed E-state index contributed by atoms with van der Waals surface area (Å²) < 4.78 is 24.1. The molecular formula is C31H47FN8O3. The second kappa shape index (κ2) is 18.5. The van der Waals surface area contributed by atoms with Gasteiger partial charge in [-0.2, -0.15) is 15.0 Å². The maximum atomic E-state index is 13.3. The lowest BCUT2D eigenvalue weighted by atomic mass is 9.89. The standard InChI is InChI=1S/C31H47FN8O3/c32-26-10-6-25(7-11-26)22-36-30-38-29(35-21-24-4-2-1-3-5-24)39-31(40-30)37-27-12-8-23(9-13-27)20-28(41)34-15-17-43-19-18-42-16-14-33/h6-12,24,27-28,34,41H,1-5,13-22,33H2,(H3,35,36,37,38,39,40)/t27?,28-/m1/s1. The minimum atomic E-state index is -0.659. The van der Waals surface area contributed by atoms with E-state index < -0.39 is 6.23 Å². The van der Waals surface area contributed by atoms with Crippen molar-refractivity contribution in [1.82, 2.24) is 20.3 Å². The van der Waals surface area contributed by atoms with Crippen molar-refractivity contribution < 1.29 is 19.0 Å². The van der Waals surface area contributed by atoms with Crippen molar-refractivity contribution >= 4 is 17.8 Å². The second-order valence-corrected chi connectivity index (χ2v) is 11.0. The average molecular weight is 599 g/mol. The Hall–Kier alpha value is -3.16. The highest BCUT2D eigenvalue weighted by atomic mass is 19.1. The molecule has 2 aliphatic rings. The number of rotatable bonds is 19. The Kier molecular flexibility index (Phi) is 14.1. The van der Waals surface area contributed by atoms with E-state index in [0.29, 0.717) is 76.2 Å². The minimum absolute atomic E-state index is 0.00212. The number of nitrogens with two attached hydrogens (primary N) is 1. The van der Waals surface area contributed by atoms with Gasteiger partial charge in [-0.25, -0.2) is 4.39 Å². The molecule has 2 atom stereocenters. The summed E-state index contributed by atoms with van der Waals surface area (Å²) in [5, 5.41) is 23.5. The van der Waals surface area contributed by atoms with Crippen LogP contribution in [0.1, 0.15) is 50.5 Å². The zero-order valence-electron chi connectivity index (χ0n) is 24.9. The molecule has 1 heterocycles. The van der Waals surface area contributed by atoms with Crippen molar-refractivity contribution in [2.45, 2.75) is 63.8 Å². The fourth-order valence-corrected chi connectivity index (χ4v) is 5.10. The maximum absolute atomic E-state index is 13.3. The molecule has 0 amide bonds. The number of allylic oxidation sites excluding steroid dienone is 1. The van der Waals surface area contributed by atoms with E-state index in [4.69, 9.17) is 15.2 Å². The van der Waals surface area contributed by atoms with Crippen LogP contribution < -0.4 is 27.0 Å². The highest BCUT2D eigenvalue weighted by Crippen LogP contribution is 2.24. The van der Waals surface area contributed by atoms with Gasteiger partial charge in [0.25, 0.3) is 0 Å². The van der Waals surface area contributed by atoms with Gasteiger partial charge in [0, 0.05) is 32.6 Å². The molecule has 0 saturated heterocycles. The molecule has 0 aliphatic heterocycles. The summed E-state index contributed by atoms with van der Waals surface area (Å²) in [6.07, 6.45) is 13.1. The lowest BCUT2D eigenvalue weighted by Crippen LogP contribution is -2.32. The van der Waals surface area contributed by atoms with Crippen LogP contribution in [0.25, 0.3) is 0 Å².